The lowest BCUT2D eigenvalue weighted by Gasteiger charge is -2.28. The number of hydrogen-bond acceptors (Lipinski definition) is 5. The molecule has 2 atom stereocenters. The van der Waals surface area contributed by atoms with Gasteiger partial charge in [0.25, 0.3) is 0 Å². The fraction of sp³-hybridized carbons (Fsp3) is 0.684. The van der Waals surface area contributed by atoms with Crippen LogP contribution in [0.3, 0.4) is 0 Å². The molecule has 3 N–H and O–H groups in total. The first-order chi connectivity index (χ1) is 11.2. The molecule has 0 unspecified atom stereocenters. The van der Waals surface area contributed by atoms with Crippen LogP contribution < -0.4 is 5.32 Å². The van der Waals surface area contributed by atoms with Gasteiger partial charge < -0.3 is 15.5 Å². The number of phenols is 1. The second kappa shape index (κ2) is 6.56. The second-order valence-corrected chi connectivity index (χ2v) is 11.3. The maximum absolute atomic E-state index is 11.6. The Balaban J connectivity index is 2.32. The van der Waals surface area contributed by atoms with Crippen molar-refractivity contribution in [3.05, 3.63) is 28.8 Å². The Labute approximate surface area is 151 Å². The fourth-order valence-corrected chi connectivity index (χ4v) is 4.99. The highest BCUT2D eigenvalue weighted by Gasteiger charge is 2.36. The van der Waals surface area contributed by atoms with Gasteiger partial charge in [-0.15, -0.1) is 0 Å². The summed E-state index contributed by atoms with van der Waals surface area (Å²) in [7, 11) is -3.17. The molecule has 2 rings (SSSR count). The van der Waals surface area contributed by atoms with E-state index >= 15 is 0 Å². The van der Waals surface area contributed by atoms with Crippen molar-refractivity contribution in [2.24, 2.45) is 0 Å². The predicted molar refractivity (Wildman–Crippen MR) is 101 cm³/mol. The van der Waals surface area contributed by atoms with Crippen molar-refractivity contribution in [3.8, 4) is 5.75 Å². The Hall–Kier alpha value is -1.11. The van der Waals surface area contributed by atoms with Gasteiger partial charge in [0.1, 0.15) is 5.75 Å². The van der Waals surface area contributed by atoms with Crippen LogP contribution in [0.15, 0.2) is 12.1 Å². The van der Waals surface area contributed by atoms with Gasteiger partial charge in [-0.2, -0.15) is 0 Å². The van der Waals surface area contributed by atoms with Crippen LogP contribution in [0, 0.1) is 0 Å². The van der Waals surface area contributed by atoms with E-state index in [0.717, 1.165) is 16.7 Å². The lowest BCUT2D eigenvalue weighted by molar-refractivity contribution is 0.165. The normalized spacial score (nSPS) is 23.8. The third-order valence-corrected chi connectivity index (χ3v) is 6.39. The summed E-state index contributed by atoms with van der Waals surface area (Å²) in [6.07, 6.45) is -0.869. The first-order valence-electron chi connectivity index (χ1n) is 8.69. The van der Waals surface area contributed by atoms with Gasteiger partial charge in [-0.3, -0.25) is 0 Å². The molecule has 142 valence electrons. The molecule has 1 saturated heterocycles. The van der Waals surface area contributed by atoms with Crippen molar-refractivity contribution >= 4 is 9.84 Å². The number of rotatable bonds is 3. The largest absolute Gasteiger partial charge is 0.507 e. The minimum atomic E-state index is -3.17. The molecule has 0 spiro atoms. The van der Waals surface area contributed by atoms with Gasteiger partial charge in [0.05, 0.1) is 17.6 Å². The van der Waals surface area contributed by atoms with Crippen LogP contribution in [-0.4, -0.2) is 42.3 Å². The average Bonchev–Trinajstić information content (AvgIpc) is 2.67. The zero-order chi connectivity index (χ0) is 19.2. The number of sulfone groups is 1. The molecule has 0 bridgehead atoms. The van der Waals surface area contributed by atoms with Crippen molar-refractivity contribution < 1.29 is 18.6 Å². The molecule has 1 aromatic rings. The minimum absolute atomic E-state index is 0.0372. The smallest absolute Gasteiger partial charge is 0.154 e. The van der Waals surface area contributed by atoms with Crippen molar-refractivity contribution in [3.63, 3.8) is 0 Å². The van der Waals surface area contributed by atoms with E-state index in [9.17, 15) is 18.6 Å². The van der Waals surface area contributed by atoms with E-state index in [0.29, 0.717) is 12.3 Å². The molecule has 1 heterocycles. The lowest BCUT2D eigenvalue weighted by atomic mass is 9.78. The molecular weight excluding hydrogens is 338 g/mol. The Morgan fingerprint density at radius 1 is 1.04 bits per heavy atom. The minimum Gasteiger partial charge on any atom is -0.507 e. The highest BCUT2D eigenvalue weighted by atomic mass is 32.2. The van der Waals surface area contributed by atoms with Crippen LogP contribution in [0.5, 0.6) is 5.75 Å². The quantitative estimate of drug-likeness (QED) is 0.761. The molecule has 0 amide bonds. The standard InChI is InChI=1S/C19H31NO4S/c1-18(2,3)13-7-12(8-14(17(13)22)19(4,5)6)9-20-15-10-25(23,24)11-16(15)21/h7-8,15-16,20-22H,9-11H2,1-6H3/t15-,16-/m0/s1. The van der Waals surface area contributed by atoms with Gasteiger partial charge in [-0.25, -0.2) is 8.42 Å². The Bertz CT molecular complexity index is 707. The predicted octanol–water partition coefficient (Wildman–Crippen LogP) is 2.23. The van der Waals surface area contributed by atoms with Crippen molar-refractivity contribution in [1.82, 2.24) is 5.32 Å². The molecule has 25 heavy (non-hydrogen) atoms. The maximum atomic E-state index is 11.6. The van der Waals surface area contributed by atoms with E-state index in [1.807, 2.05) is 12.1 Å². The number of hydrogen-bond donors (Lipinski definition) is 3. The van der Waals surface area contributed by atoms with E-state index in [4.69, 9.17) is 0 Å². The number of aliphatic hydroxyl groups excluding tert-OH is 1. The van der Waals surface area contributed by atoms with Gasteiger partial charge in [0.15, 0.2) is 9.84 Å². The monoisotopic (exact) mass is 369 g/mol. The summed E-state index contributed by atoms with van der Waals surface area (Å²) < 4.78 is 23.3. The van der Waals surface area contributed by atoms with Crippen molar-refractivity contribution in [2.45, 2.75) is 71.1 Å². The summed E-state index contributed by atoms with van der Waals surface area (Å²) in [5, 5.41) is 23.8. The highest BCUT2D eigenvalue weighted by molar-refractivity contribution is 7.91. The van der Waals surface area contributed by atoms with Crippen LogP contribution in [0.4, 0.5) is 0 Å². The van der Waals surface area contributed by atoms with Crippen molar-refractivity contribution in [1.29, 1.82) is 0 Å². The molecule has 1 fully saturated rings. The molecule has 5 nitrogen and oxygen atoms in total. The summed E-state index contributed by atoms with van der Waals surface area (Å²) in [4.78, 5) is 0. The average molecular weight is 370 g/mol. The third kappa shape index (κ3) is 4.74. The van der Waals surface area contributed by atoms with E-state index < -0.39 is 22.0 Å². The number of aromatic hydroxyl groups is 1. The molecule has 0 radical (unpaired) electrons. The molecule has 1 aliphatic heterocycles. The topological polar surface area (TPSA) is 86.6 Å². The highest BCUT2D eigenvalue weighted by Crippen LogP contribution is 2.39. The van der Waals surface area contributed by atoms with Crippen molar-refractivity contribution in [2.75, 3.05) is 11.5 Å². The van der Waals surface area contributed by atoms with Crippen LogP contribution in [0.25, 0.3) is 0 Å². The number of phenolic OH excluding ortho intramolecular Hbond substituents is 1. The number of nitrogens with one attached hydrogen (secondary N) is 1. The molecule has 1 aromatic carbocycles. The SMILES string of the molecule is CC(C)(C)c1cc(CN[C@H]2CS(=O)(=O)C[C@@H]2O)cc(C(C)(C)C)c1O. The molecule has 0 aromatic heterocycles. The Kier molecular flexibility index (Phi) is 5.30. The van der Waals surface area contributed by atoms with E-state index in [1.165, 1.54) is 0 Å². The van der Waals surface area contributed by atoms with Gasteiger partial charge in [-0.1, -0.05) is 53.7 Å². The lowest BCUT2D eigenvalue weighted by Crippen LogP contribution is -2.38. The van der Waals surface area contributed by atoms with Gasteiger partial charge in [0.2, 0.25) is 0 Å². The third-order valence-electron chi connectivity index (χ3n) is 4.68. The Morgan fingerprint density at radius 2 is 1.52 bits per heavy atom. The summed E-state index contributed by atoms with van der Waals surface area (Å²) >= 11 is 0. The number of aliphatic hydroxyl groups is 1. The molecular formula is C19H31NO4S. The first kappa shape index (κ1) is 20.2. The van der Waals surface area contributed by atoms with Crippen LogP contribution in [0.2, 0.25) is 0 Å². The molecule has 0 aliphatic carbocycles. The Morgan fingerprint density at radius 3 is 1.88 bits per heavy atom. The fourth-order valence-electron chi connectivity index (χ4n) is 3.21. The van der Waals surface area contributed by atoms with E-state index in [2.05, 4.69) is 46.9 Å². The summed E-state index contributed by atoms with van der Waals surface area (Å²) in [6.45, 7) is 12.8. The second-order valence-electron chi connectivity index (χ2n) is 9.17. The van der Waals surface area contributed by atoms with E-state index in [1.54, 1.807) is 0 Å². The molecule has 6 heteroatoms. The van der Waals surface area contributed by atoms with Gasteiger partial charge >= 0.3 is 0 Å². The van der Waals surface area contributed by atoms with Crippen LogP contribution >= 0.6 is 0 Å². The maximum Gasteiger partial charge on any atom is 0.154 e. The first-order valence-corrected chi connectivity index (χ1v) is 10.5. The summed E-state index contributed by atoms with van der Waals surface area (Å²) in [5.41, 5.74) is 2.30. The zero-order valence-corrected chi connectivity index (χ0v) is 16.9. The van der Waals surface area contributed by atoms with Crippen LogP contribution in [0.1, 0.15) is 58.2 Å². The van der Waals surface area contributed by atoms with Gasteiger partial charge in [-0.05, 0) is 27.5 Å². The van der Waals surface area contributed by atoms with Crippen LogP contribution in [-0.2, 0) is 27.2 Å². The molecule has 1 aliphatic rings. The number of benzene rings is 1. The summed E-state index contributed by atoms with van der Waals surface area (Å²) in [5.74, 6) is 0.109. The van der Waals surface area contributed by atoms with Gasteiger partial charge in [0, 0.05) is 12.6 Å². The molecule has 0 saturated carbocycles. The van der Waals surface area contributed by atoms with E-state index in [-0.39, 0.29) is 22.3 Å². The zero-order valence-electron chi connectivity index (χ0n) is 16.0. The summed E-state index contributed by atoms with van der Waals surface area (Å²) in [6, 6.07) is 3.48.